The maximum absolute atomic E-state index is 12.7. The third-order valence-electron chi connectivity index (χ3n) is 4.23. The fraction of sp³-hybridized carbons (Fsp3) is 0.857. The standard InChI is InChI=1S/C14H23N3O3S/c1-10(2)14-15-13(16-20-14)12-6-4-3-5-9-17(12)21(18,19)11-7-8-11/h10-12H,3-9H2,1-2H3. The monoisotopic (exact) mass is 313 g/mol. The van der Waals surface area contributed by atoms with Crippen LogP contribution in [0.2, 0.25) is 0 Å². The van der Waals surface area contributed by atoms with Crippen LogP contribution < -0.4 is 0 Å². The van der Waals surface area contributed by atoms with E-state index in [0.29, 0.717) is 18.3 Å². The average Bonchev–Trinajstić information content (AvgIpc) is 3.22. The number of hydrogen-bond donors (Lipinski definition) is 0. The summed E-state index contributed by atoms with van der Waals surface area (Å²) >= 11 is 0. The molecule has 1 unspecified atom stereocenters. The summed E-state index contributed by atoms with van der Waals surface area (Å²) in [6, 6.07) is -0.255. The highest BCUT2D eigenvalue weighted by Crippen LogP contribution is 2.38. The molecule has 3 rings (SSSR count). The van der Waals surface area contributed by atoms with Crippen LogP contribution in [0.15, 0.2) is 4.52 Å². The molecular weight excluding hydrogens is 290 g/mol. The van der Waals surface area contributed by atoms with Crippen LogP contribution in [0.3, 0.4) is 0 Å². The van der Waals surface area contributed by atoms with E-state index in [4.69, 9.17) is 4.52 Å². The Morgan fingerprint density at radius 3 is 2.57 bits per heavy atom. The third-order valence-corrected chi connectivity index (χ3v) is 6.63. The first-order valence-electron chi connectivity index (χ1n) is 7.84. The van der Waals surface area contributed by atoms with Gasteiger partial charge in [-0.3, -0.25) is 0 Å². The lowest BCUT2D eigenvalue weighted by Gasteiger charge is -2.26. The Morgan fingerprint density at radius 1 is 1.19 bits per heavy atom. The van der Waals surface area contributed by atoms with Gasteiger partial charge in [-0.2, -0.15) is 9.29 Å². The maximum Gasteiger partial charge on any atom is 0.229 e. The van der Waals surface area contributed by atoms with E-state index in [9.17, 15) is 8.42 Å². The normalized spacial score (nSPS) is 25.2. The van der Waals surface area contributed by atoms with Crippen molar-refractivity contribution in [1.29, 1.82) is 0 Å². The fourth-order valence-corrected chi connectivity index (χ4v) is 4.87. The van der Waals surface area contributed by atoms with E-state index in [2.05, 4.69) is 10.1 Å². The van der Waals surface area contributed by atoms with Gasteiger partial charge in [0.25, 0.3) is 0 Å². The van der Waals surface area contributed by atoms with E-state index in [0.717, 1.165) is 38.5 Å². The molecule has 0 aromatic carbocycles. The zero-order valence-corrected chi connectivity index (χ0v) is 13.5. The molecule has 7 heteroatoms. The molecule has 118 valence electrons. The van der Waals surface area contributed by atoms with Crippen molar-refractivity contribution in [2.45, 2.75) is 69.6 Å². The Bertz CT molecular complexity index is 592. The molecule has 0 bridgehead atoms. The van der Waals surface area contributed by atoms with Crippen LogP contribution in [0.4, 0.5) is 0 Å². The number of sulfonamides is 1. The molecule has 1 aliphatic carbocycles. The lowest BCUT2D eigenvalue weighted by molar-refractivity contribution is 0.300. The zero-order chi connectivity index (χ0) is 15.0. The molecule has 1 aromatic heterocycles. The molecular formula is C14H23N3O3S. The molecule has 0 amide bonds. The summed E-state index contributed by atoms with van der Waals surface area (Å²) in [4.78, 5) is 4.43. The van der Waals surface area contributed by atoms with Crippen LogP contribution >= 0.6 is 0 Å². The second kappa shape index (κ2) is 5.68. The number of nitrogens with zero attached hydrogens (tertiary/aromatic N) is 3. The van der Waals surface area contributed by atoms with Crippen LogP contribution in [-0.4, -0.2) is 34.7 Å². The minimum atomic E-state index is -3.21. The van der Waals surface area contributed by atoms with E-state index < -0.39 is 10.0 Å². The molecule has 1 saturated heterocycles. The van der Waals surface area contributed by atoms with Gasteiger partial charge in [-0.1, -0.05) is 31.8 Å². The summed E-state index contributed by atoms with van der Waals surface area (Å²) < 4.78 is 32.2. The molecule has 1 saturated carbocycles. The first-order chi connectivity index (χ1) is 10.00. The van der Waals surface area contributed by atoms with Gasteiger partial charge in [0.05, 0.1) is 11.3 Å². The predicted octanol–water partition coefficient (Wildman–Crippen LogP) is 2.60. The Labute approximate surface area is 126 Å². The molecule has 0 N–H and O–H groups in total. The van der Waals surface area contributed by atoms with E-state index in [-0.39, 0.29) is 17.2 Å². The third kappa shape index (κ3) is 2.99. The minimum Gasteiger partial charge on any atom is -0.339 e. The van der Waals surface area contributed by atoms with Crippen molar-refractivity contribution in [2.24, 2.45) is 0 Å². The van der Waals surface area contributed by atoms with Crippen LogP contribution in [0.1, 0.15) is 76.0 Å². The van der Waals surface area contributed by atoms with Gasteiger partial charge >= 0.3 is 0 Å². The van der Waals surface area contributed by atoms with Gasteiger partial charge in [0, 0.05) is 12.5 Å². The minimum absolute atomic E-state index is 0.158. The van der Waals surface area contributed by atoms with Crippen molar-refractivity contribution in [1.82, 2.24) is 14.4 Å². The molecule has 0 radical (unpaired) electrons. The summed E-state index contributed by atoms with van der Waals surface area (Å²) in [5.41, 5.74) is 0. The highest BCUT2D eigenvalue weighted by atomic mass is 32.2. The quantitative estimate of drug-likeness (QED) is 0.854. The topological polar surface area (TPSA) is 76.3 Å². The number of rotatable bonds is 4. The SMILES string of the molecule is CC(C)c1nc(C2CCCCCN2S(=O)(=O)C2CC2)no1. The zero-order valence-electron chi connectivity index (χ0n) is 12.7. The summed E-state index contributed by atoms with van der Waals surface area (Å²) in [6.07, 6.45) is 5.33. The lowest BCUT2D eigenvalue weighted by atomic mass is 10.1. The van der Waals surface area contributed by atoms with Crippen LogP contribution in [0.25, 0.3) is 0 Å². The van der Waals surface area contributed by atoms with Gasteiger partial charge in [-0.05, 0) is 25.7 Å². The van der Waals surface area contributed by atoms with E-state index in [1.807, 2.05) is 13.8 Å². The van der Waals surface area contributed by atoms with Gasteiger partial charge in [0.1, 0.15) is 0 Å². The second-order valence-electron chi connectivity index (χ2n) is 6.37. The van der Waals surface area contributed by atoms with Gasteiger partial charge in [0.15, 0.2) is 5.82 Å². The van der Waals surface area contributed by atoms with Gasteiger partial charge in [0.2, 0.25) is 15.9 Å². The second-order valence-corrected chi connectivity index (χ2v) is 8.53. The van der Waals surface area contributed by atoms with Crippen molar-refractivity contribution in [3.05, 3.63) is 11.7 Å². The molecule has 2 fully saturated rings. The maximum atomic E-state index is 12.7. The number of hydrogen-bond acceptors (Lipinski definition) is 5. The Hall–Kier alpha value is -0.950. The Balaban J connectivity index is 1.91. The molecule has 0 spiro atoms. The molecule has 21 heavy (non-hydrogen) atoms. The summed E-state index contributed by atoms with van der Waals surface area (Å²) in [6.45, 7) is 4.56. The van der Waals surface area contributed by atoms with Crippen molar-refractivity contribution in [3.63, 3.8) is 0 Å². The van der Waals surface area contributed by atoms with Crippen molar-refractivity contribution in [2.75, 3.05) is 6.54 Å². The van der Waals surface area contributed by atoms with Gasteiger partial charge in [-0.25, -0.2) is 8.42 Å². The highest BCUT2D eigenvalue weighted by Gasteiger charge is 2.44. The predicted molar refractivity (Wildman–Crippen MR) is 78.2 cm³/mol. The van der Waals surface area contributed by atoms with E-state index >= 15 is 0 Å². The smallest absolute Gasteiger partial charge is 0.229 e. The molecule has 1 atom stereocenters. The van der Waals surface area contributed by atoms with E-state index in [1.54, 1.807) is 4.31 Å². The molecule has 2 aliphatic rings. The molecule has 6 nitrogen and oxygen atoms in total. The average molecular weight is 313 g/mol. The Morgan fingerprint density at radius 2 is 1.95 bits per heavy atom. The fourth-order valence-electron chi connectivity index (χ4n) is 2.82. The summed E-state index contributed by atoms with van der Waals surface area (Å²) in [5, 5.41) is 3.87. The van der Waals surface area contributed by atoms with Gasteiger partial charge in [-0.15, -0.1) is 0 Å². The molecule has 2 heterocycles. The van der Waals surface area contributed by atoms with E-state index in [1.165, 1.54) is 0 Å². The first kappa shape index (κ1) is 15.0. The Kier molecular flexibility index (Phi) is 4.05. The van der Waals surface area contributed by atoms with Crippen molar-refractivity contribution >= 4 is 10.0 Å². The van der Waals surface area contributed by atoms with Crippen molar-refractivity contribution < 1.29 is 12.9 Å². The summed E-state index contributed by atoms with van der Waals surface area (Å²) in [7, 11) is -3.21. The van der Waals surface area contributed by atoms with Crippen molar-refractivity contribution in [3.8, 4) is 0 Å². The van der Waals surface area contributed by atoms with Gasteiger partial charge < -0.3 is 4.52 Å². The number of aromatic nitrogens is 2. The lowest BCUT2D eigenvalue weighted by Crippen LogP contribution is -2.37. The molecule has 1 aromatic rings. The van der Waals surface area contributed by atoms with Crippen LogP contribution in [-0.2, 0) is 10.0 Å². The molecule has 1 aliphatic heterocycles. The van der Waals surface area contributed by atoms with Crippen LogP contribution in [0.5, 0.6) is 0 Å². The summed E-state index contributed by atoms with van der Waals surface area (Å²) in [5.74, 6) is 1.27. The first-order valence-corrected chi connectivity index (χ1v) is 9.34. The largest absolute Gasteiger partial charge is 0.339 e. The highest BCUT2D eigenvalue weighted by molar-refractivity contribution is 7.90. The van der Waals surface area contributed by atoms with Crippen LogP contribution in [0, 0.1) is 0 Å².